The summed E-state index contributed by atoms with van der Waals surface area (Å²) in [6, 6.07) is 11.1. The van der Waals surface area contributed by atoms with Gasteiger partial charge in [-0.15, -0.1) is 0 Å². The molecule has 0 aliphatic heterocycles. The number of benzene rings is 2. The minimum Gasteiger partial charge on any atom is -0.506 e. The van der Waals surface area contributed by atoms with E-state index in [-0.39, 0.29) is 11.8 Å². The molecule has 106 valence electrons. The molecule has 0 spiro atoms. The van der Waals surface area contributed by atoms with E-state index >= 15 is 0 Å². The van der Waals surface area contributed by atoms with Crippen LogP contribution in [0, 0.1) is 0 Å². The Morgan fingerprint density at radius 3 is 2.60 bits per heavy atom. The van der Waals surface area contributed by atoms with Crippen molar-refractivity contribution in [1.82, 2.24) is 0 Å². The molecule has 0 radical (unpaired) electrons. The van der Waals surface area contributed by atoms with Crippen molar-refractivity contribution in [3.05, 3.63) is 51.5 Å². The highest BCUT2D eigenvalue weighted by Crippen LogP contribution is 2.31. The van der Waals surface area contributed by atoms with Crippen molar-refractivity contribution >= 4 is 33.2 Å². The molecule has 2 rings (SSSR count). The first kappa shape index (κ1) is 15.0. The van der Waals surface area contributed by atoms with Crippen LogP contribution in [0.4, 0.5) is 5.69 Å². The van der Waals surface area contributed by atoms with Crippen molar-refractivity contribution in [3.63, 3.8) is 0 Å². The SMILES string of the molecule is COc1ccc(C(C)Nc2ccc(O)c(Cl)c2)cc1Br. The lowest BCUT2D eigenvalue weighted by molar-refractivity contribution is 0.412. The van der Waals surface area contributed by atoms with Gasteiger partial charge in [-0.25, -0.2) is 0 Å². The van der Waals surface area contributed by atoms with Crippen LogP contribution < -0.4 is 10.1 Å². The van der Waals surface area contributed by atoms with Crippen molar-refractivity contribution in [2.75, 3.05) is 12.4 Å². The lowest BCUT2D eigenvalue weighted by Crippen LogP contribution is -2.06. The summed E-state index contributed by atoms with van der Waals surface area (Å²) in [4.78, 5) is 0. The van der Waals surface area contributed by atoms with Crippen LogP contribution in [-0.2, 0) is 0 Å². The predicted octanol–water partition coefficient (Wildman–Crippen LogP) is 4.99. The van der Waals surface area contributed by atoms with Crippen molar-refractivity contribution in [1.29, 1.82) is 0 Å². The normalized spacial score (nSPS) is 12.0. The molecule has 0 aliphatic rings. The van der Waals surface area contributed by atoms with Crippen molar-refractivity contribution in [2.24, 2.45) is 0 Å². The smallest absolute Gasteiger partial charge is 0.134 e. The molecule has 0 aromatic heterocycles. The van der Waals surface area contributed by atoms with Gasteiger partial charge in [0.1, 0.15) is 11.5 Å². The summed E-state index contributed by atoms with van der Waals surface area (Å²) < 4.78 is 6.13. The fourth-order valence-corrected chi connectivity index (χ4v) is 2.62. The Morgan fingerprint density at radius 2 is 2.00 bits per heavy atom. The van der Waals surface area contributed by atoms with Gasteiger partial charge in [0.15, 0.2) is 0 Å². The van der Waals surface area contributed by atoms with E-state index in [9.17, 15) is 5.11 Å². The number of phenolic OH excluding ortho intramolecular Hbond substituents is 1. The second-order valence-corrected chi connectivity index (χ2v) is 5.69. The summed E-state index contributed by atoms with van der Waals surface area (Å²) in [5.74, 6) is 0.880. The largest absolute Gasteiger partial charge is 0.506 e. The molecule has 0 saturated carbocycles. The number of phenols is 1. The Morgan fingerprint density at radius 1 is 1.25 bits per heavy atom. The Labute approximate surface area is 131 Å². The number of rotatable bonds is 4. The van der Waals surface area contributed by atoms with Gasteiger partial charge in [-0.3, -0.25) is 0 Å². The summed E-state index contributed by atoms with van der Waals surface area (Å²) in [6.07, 6.45) is 0. The molecule has 3 nitrogen and oxygen atoms in total. The summed E-state index contributed by atoms with van der Waals surface area (Å²) in [6.45, 7) is 2.05. The number of halogens is 2. The topological polar surface area (TPSA) is 41.5 Å². The molecule has 0 aliphatic carbocycles. The average Bonchev–Trinajstić information content (AvgIpc) is 2.42. The highest BCUT2D eigenvalue weighted by Gasteiger charge is 2.09. The van der Waals surface area contributed by atoms with Gasteiger partial charge in [-0.2, -0.15) is 0 Å². The first-order valence-corrected chi connectivity index (χ1v) is 7.27. The number of anilines is 1. The number of hydrogen-bond acceptors (Lipinski definition) is 3. The zero-order valence-corrected chi connectivity index (χ0v) is 13.5. The fraction of sp³-hybridized carbons (Fsp3) is 0.200. The molecule has 1 unspecified atom stereocenters. The van der Waals surface area contributed by atoms with Gasteiger partial charge in [0.25, 0.3) is 0 Å². The number of ether oxygens (including phenoxy) is 1. The summed E-state index contributed by atoms with van der Waals surface area (Å²) in [5, 5.41) is 13.1. The maximum atomic E-state index is 9.41. The predicted molar refractivity (Wildman–Crippen MR) is 85.8 cm³/mol. The van der Waals surface area contributed by atoms with Gasteiger partial charge in [0.2, 0.25) is 0 Å². The summed E-state index contributed by atoms with van der Waals surface area (Å²) >= 11 is 9.37. The lowest BCUT2D eigenvalue weighted by atomic mass is 10.1. The zero-order chi connectivity index (χ0) is 14.7. The van der Waals surface area contributed by atoms with E-state index in [0.717, 1.165) is 21.5 Å². The molecule has 20 heavy (non-hydrogen) atoms. The molecular formula is C15H15BrClNO2. The minimum absolute atomic E-state index is 0.0806. The molecule has 2 N–H and O–H groups in total. The fourth-order valence-electron chi connectivity index (χ4n) is 1.88. The highest BCUT2D eigenvalue weighted by atomic mass is 79.9. The van der Waals surface area contributed by atoms with Crippen LogP contribution in [0.3, 0.4) is 0 Å². The van der Waals surface area contributed by atoms with Gasteiger partial charge in [-0.05, 0) is 58.7 Å². The van der Waals surface area contributed by atoms with E-state index in [1.807, 2.05) is 18.2 Å². The van der Waals surface area contributed by atoms with Crippen molar-refractivity contribution < 1.29 is 9.84 Å². The Bertz CT molecular complexity index is 619. The maximum absolute atomic E-state index is 9.41. The standard InChI is InChI=1S/C15H15BrClNO2/c1-9(10-3-6-15(20-2)12(16)7-10)18-11-4-5-14(19)13(17)8-11/h3-9,18-19H,1-2H3. The molecule has 0 heterocycles. The van der Waals surface area contributed by atoms with Crippen molar-refractivity contribution in [2.45, 2.75) is 13.0 Å². The molecule has 0 bridgehead atoms. The number of aromatic hydroxyl groups is 1. The molecule has 5 heteroatoms. The zero-order valence-electron chi connectivity index (χ0n) is 11.2. The highest BCUT2D eigenvalue weighted by molar-refractivity contribution is 9.10. The molecule has 2 aromatic carbocycles. The number of nitrogens with one attached hydrogen (secondary N) is 1. The monoisotopic (exact) mass is 355 g/mol. The molecule has 2 aromatic rings. The van der Waals surface area contributed by atoms with Crippen LogP contribution in [0.1, 0.15) is 18.5 Å². The molecule has 1 atom stereocenters. The van der Waals surface area contributed by atoms with Crippen LogP contribution in [0.15, 0.2) is 40.9 Å². The number of methoxy groups -OCH3 is 1. The van der Waals surface area contributed by atoms with Gasteiger partial charge < -0.3 is 15.2 Å². The Hall–Kier alpha value is -1.39. The van der Waals surface area contributed by atoms with Crippen LogP contribution in [0.2, 0.25) is 5.02 Å². The van der Waals surface area contributed by atoms with E-state index in [1.54, 1.807) is 25.3 Å². The average molecular weight is 357 g/mol. The second kappa shape index (κ2) is 6.37. The quantitative estimate of drug-likeness (QED) is 0.758. The Kier molecular flexibility index (Phi) is 4.78. The van der Waals surface area contributed by atoms with E-state index in [1.165, 1.54) is 0 Å². The summed E-state index contributed by atoms with van der Waals surface area (Å²) in [5.41, 5.74) is 1.97. The first-order valence-electron chi connectivity index (χ1n) is 6.09. The summed E-state index contributed by atoms with van der Waals surface area (Å²) in [7, 11) is 1.64. The second-order valence-electron chi connectivity index (χ2n) is 4.43. The van der Waals surface area contributed by atoms with E-state index in [0.29, 0.717) is 5.02 Å². The molecule has 0 fully saturated rings. The number of hydrogen-bond donors (Lipinski definition) is 2. The lowest BCUT2D eigenvalue weighted by Gasteiger charge is -2.17. The van der Waals surface area contributed by atoms with Gasteiger partial charge in [-0.1, -0.05) is 17.7 Å². The van der Waals surface area contributed by atoms with Crippen LogP contribution in [0.25, 0.3) is 0 Å². The third-order valence-electron chi connectivity index (χ3n) is 3.01. The van der Waals surface area contributed by atoms with E-state index in [2.05, 4.69) is 28.2 Å². The Balaban J connectivity index is 2.17. The maximum Gasteiger partial charge on any atom is 0.134 e. The minimum atomic E-state index is 0.0806. The van der Waals surface area contributed by atoms with Gasteiger partial charge in [0, 0.05) is 11.7 Å². The van der Waals surface area contributed by atoms with Crippen LogP contribution in [-0.4, -0.2) is 12.2 Å². The molecule has 0 saturated heterocycles. The third kappa shape index (κ3) is 3.38. The van der Waals surface area contributed by atoms with Gasteiger partial charge >= 0.3 is 0 Å². The molecule has 0 amide bonds. The third-order valence-corrected chi connectivity index (χ3v) is 3.93. The van der Waals surface area contributed by atoms with E-state index in [4.69, 9.17) is 16.3 Å². The van der Waals surface area contributed by atoms with Crippen LogP contribution in [0.5, 0.6) is 11.5 Å². The van der Waals surface area contributed by atoms with E-state index < -0.39 is 0 Å². The first-order chi connectivity index (χ1) is 9.51. The van der Waals surface area contributed by atoms with Gasteiger partial charge in [0.05, 0.1) is 16.6 Å². The van der Waals surface area contributed by atoms with Crippen LogP contribution >= 0.6 is 27.5 Å². The van der Waals surface area contributed by atoms with Crippen molar-refractivity contribution in [3.8, 4) is 11.5 Å². The molecular weight excluding hydrogens is 342 g/mol.